The van der Waals surface area contributed by atoms with Crippen LogP contribution in [0.25, 0.3) is 10.9 Å². The Labute approximate surface area is 77.4 Å². The summed E-state index contributed by atoms with van der Waals surface area (Å²) in [5.41, 5.74) is 4.12. The molecule has 0 spiro atoms. The lowest BCUT2D eigenvalue weighted by atomic mass is 9.91. The van der Waals surface area contributed by atoms with Gasteiger partial charge in [-0.05, 0) is 42.5 Å². The molecule has 0 unspecified atom stereocenters. The molecule has 1 aliphatic carbocycles. The Bertz CT molecular complexity index is 421. The van der Waals surface area contributed by atoms with E-state index in [0.717, 1.165) is 5.52 Å². The minimum Gasteiger partial charge on any atom is -0.256 e. The second-order valence-electron chi connectivity index (χ2n) is 3.63. The van der Waals surface area contributed by atoms with E-state index in [9.17, 15) is 0 Å². The summed E-state index contributed by atoms with van der Waals surface area (Å²) in [5.74, 6) is 0. The van der Waals surface area contributed by atoms with Crippen molar-refractivity contribution in [2.24, 2.45) is 0 Å². The van der Waals surface area contributed by atoms with Crippen molar-refractivity contribution in [2.75, 3.05) is 0 Å². The third-order valence-electron chi connectivity index (χ3n) is 2.83. The minimum atomic E-state index is 1.16. The molecule has 2 aromatic rings. The first-order chi connectivity index (χ1) is 6.45. The molecule has 0 amide bonds. The van der Waals surface area contributed by atoms with Gasteiger partial charge in [0.1, 0.15) is 0 Å². The number of rotatable bonds is 0. The fourth-order valence-electron chi connectivity index (χ4n) is 2.24. The van der Waals surface area contributed by atoms with Crippen molar-refractivity contribution in [2.45, 2.75) is 19.3 Å². The lowest BCUT2D eigenvalue weighted by Gasteiger charge is -2.15. The fraction of sp³-hybridized carbons (Fsp3) is 0.250. The van der Waals surface area contributed by atoms with Crippen LogP contribution in [0.1, 0.15) is 17.5 Å². The van der Waals surface area contributed by atoms with Crippen molar-refractivity contribution in [3.63, 3.8) is 0 Å². The van der Waals surface area contributed by atoms with Gasteiger partial charge in [0, 0.05) is 11.6 Å². The van der Waals surface area contributed by atoms with E-state index in [1.807, 2.05) is 6.20 Å². The summed E-state index contributed by atoms with van der Waals surface area (Å²) >= 11 is 0. The number of benzene rings is 1. The molecule has 1 aromatic heterocycles. The molecule has 0 N–H and O–H groups in total. The van der Waals surface area contributed by atoms with Crippen molar-refractivity contribution in [3.8, 4) is 0 Å². The lowest BCUT2D eigenvalue weighted by molar-refractivity contribution is 0.806. The van der Waals surface area contributed by atoms with Gasteiger partial charge in [0.2, 0.25) is 0 Å². The van der Waals surface area contributed by atoms with Crippen molar-refractivity contribution in [1.82, 2.24) is 4.98 Å². The summed E-state index contributed by atoms with van der Waals surface area (Å²) in [6.07, 6.45) is 5.65. The third-order valence-corrected chi connectivity index (χ3v) is 2.83. The van der Waals surface area contributed by atoms with Gasteiger partial charge in [0.05, 0.1) is 5.52 Å². The van der Waals surface area contributed by atoms with E-state index in [2.05, 4.69) is 29.2 Å². The van der Waals surface area contributed by atoms with Crippen molar-refractivity contribution >= 4 is 10.9 Å². The van der Waals surface area contributed by atoms with E-state index >= 15 is 0 Å². The molecule has 1 nitrogen and oxygen atoms in total. The summed E-state index contributed by atoms with van der Waals surface area (Å²) < 4.78 is 0. The molecule has 1 heteroatoms. The average molecular weight is 169 g/mol. The van der Waals surface area contributed by atoms with Gasteiger partial charge < -0.3 is 0 Å². The van der Waals surface area contributed by atoms with Gasteiger partial charge in [-0.2, -0.15) is 0 Å². The summed E-state index contributed by atoms with van der Waals surface area (Å²) in [6, 6.07) is 8.60. The van der Waals surface area contributed by atoms with Crippen LogP contribution in [0.2, 0.25) is 0 Å². The lowest BCUT2D eigenvalue weighted by Crippen LogP contribution is -2.01. The van der Waals surface area contributed by atoms with Crippen molar-refractivity contribution < 1.29 is 0 Å². The van der Waals surface area contributed by atoms with Crippen molar-refractivity contribution in [1.29, 1.82) is 0 Å². The molecule has 0 saturated carbocycles. The maximum atomic E-state index is 4.38. The van der Waals surface area contributed by atoms with Crippen LogP contribution in [0.15, 0.2) is 30.5 Å². The molecule has 1 heterocycles. The summed E-state index contributed by atoms with van der Waals surface area (Å²) in [6.45, 7) is 0. The van der Waals surface area contributed by atoms with Crippen molar-refractivity contribution in [3.05, 3.63) is 41.6 Å². The minimum absolute atomic E-state index is 1.16. The Kier molecular flexibility index (Phi) is 1.39. The Morgan fingerprint density at radius 3 is 2.77 bits per heavy atom. The SMILES string of the molecule is c1cc2c3c(ccnc3c1)CCC2. The number of hydrogen-bond acceptors (Lipinski definition) is 1. The zero-order valence-corrected chi connectivity index (χ0v) is 7.46. The normalized spacial score (nSPS) is 14.8. The Balaban J connectivity index is 2.49. The van der Waals surface area contributed by atoms with Gasteiger partial charge in [0.15, 0.2) is 0 Å². The monoisotopic (exact) mass is 169 g/mol. The van der Waals surface area contributed by atoms with Crippen LogP contribution >= 0.6 is 0 Å². The van der Waals surface area contributed by atoms with Crippen LogP contribution < -0.4 is 0 Å². The van der Waals surface area contributed by atoms with Gasteiger partial charge in [-0.3, -0.25) is 4.98 Å². The average Bonchev–Trinajstić information content (AvgIpc) is 2.19. The molecular formula is C12H11N. The first kappa shape index (κ1) is 7.07. The predicted octanol–water partition coefficient (Wildman–Crippen LogP) is 2.72. The fourth-order valence-corrected chi connectivity index (χ4v) is 2.24. The van der Waals surface area contributed by atoms with Gasteiger partial charge >= 0.3 is 0 Å². The molecular weight excluding hydrogens is 158 g/mol. The first-order valence-corrected chi connectivity index (χ1v) is 4.80. The first-order valence-electron chi connectivity index (χ1n) is 4.80. The number of nitrogens with zero attached hydrogens (tertiary/aromatic N) is 1. The molecule has 1 aromatic carbocycles. The van der Waals surface area contributed by atoms with E-state index in [1.165, 1.54) is 35.8 Å². The number of pyridine rings is 1. The summed E-state index contributed by atoms with van der Waals surface area (Å²) in [5, 5.41) is 1.41. The van der Waals surface area contributed by atoms with Crippen LogP contribution in [0.3, 0.4) is 0 Å². The van der Waals surface area contributed by atoms with Crippen LogP contribution in [0, 0.1) is 0 Å². The zero-order chi connectivity index (χ0) is 8.67. The molecule has 0 aliphatic heterocycles. The van der Waals surface area contributed by atoms with Crippen LogP contribution in [0.5, 0.6) is 0 Å². The van der Waals surface area contributed by atoms with Gasteiger partial charge in [0.25, 0.3) is 0 Å². The highest BCUT2D eigenvalue weighted by Gasteiger charge is 2.11. The van der Waals surface area contributed by atoms with E-state index in [1.54, 1.807) is 0 Å². The molecule has 13 heavy (non-hydrogen) atoms. The van der Waals surface area contributed by atoms with E-state index in [0.29, 0.717) is 0 Å². The quantitative estimate of drug-likeness (QED) is 0.591. The van der Waals surface area contributed by atoms with Crippen LogP contribution in [-0.4, -0.2) is 4.98 Å². The third kappa shape index (κ3) is 0.966. The molecule has 1 aliphatic rings. The molecule has 0 fully saturated rings. The maximum absolute atomic E-state index is 4.38. The summed E-state index contributed by atoms with van der Waals surface area (Å²) in [4.78, 5) is 4.38. The maximum Gasteiger partial charge on any atom is 0.0707 e. The summed E-state index contributed by atoms with van der Waals surface area (Å²) in [7, 11) is 0. The predicted molar refractivity (Wildman–Crippen MR) is 53.8 cm³/mol. The standard InChI is InChI=1S/C12H11N/c1-3-9-5-2-6-11-12(9)10(4-1)7-8-13-11/h2,5-8H,1,3-4H2. The van der Waals surface area contributed by atoms with Crippen LogP contribution in [-0.2, 0) is 12.8 Å². The van der Waals surface area contributed by atoms with Gasteiger partial charge in [-0.15, -0.1) is 0 Å². The number of aromatic nitrogens is 1. The molecule has 3 rings (SSSR count). The zero-order valence-electron chi connectivity index (χ0n) is 7.46. The van der Waals surface area contributed by atoms with E-state index in [-0.39, 0.29) is 0 Å². The number of aryl methyl sites for hydroxylation is 2. The highest BCUT2D eigenvalue weighted by molar-refractivity contribution is 5.86. The largest absolute Gasteiger partial charge is 0.256 e. The molecule has 0 saturated heterocycles. The second kappa shape index (κ2) is 2.56. The molecule has 0 bridgehead atoms. The number of hydrogen-bond donors (Lipinski definition) is 0. The van der Waals surface area contributed by atoms with E-state index < -0.39 is 0 Å². The van der Waals surface area contributed by atoms with Crippen LogP contribution in [0.4, 0.5) is 0 Å². The molecule has 64 valence electrons. The smallest absolute Gasteiger partial charge is 0.0707 e. The Morgan fingerprint density at radius 1 is 1.00 bits per heavy atom. The van der Waals surface area contributed by atoms with E-state index in [4.69, 9.17) is 0 Å². The van der Waals surface area contributed by atoms with Gasteiger partial charge in [-0.25, -0.2) is 0 Å². The Hall–Kier alpha value is -1.37. The molecule has 0 radical (unpaired) electrons. The topological polar surface area (TPSA) is 12.9 Å². The Morgan fingerprint density at radius 2 is 1.85 bits per heavy atom. The highest BCUT2D eigenvalue weighted by atomic mass is 14.6. The second-order valence-corrected chi connectivity index (χ2v) is 3.63. The molecule has 0 atom stereocenters. The van der Waals surface area contributed by atoms with Gasteiger partial charge in [-0.1, -0.05) is 12.1 Å². The highest BCUT2D eigenvalue weighted by Crippen LogP contribution is 2.27.